The average molecular weight is 558 g/mol. The highest BCUT2D eigenvalue weighted by Crippen LogP contribution is 2.63. The number of thiazole rings is 1. The molecular formula is C28H39N5O5S. The molecule has 2 saturated carbocycles. The molecule has 4 amide bonds. The lowest BCUT2D eigenvalue weighted by Gasteiger charge is -2.50. The number of rotatable bonds is 5. The van der Waals surface area contributed by atoms with Gasteiger partial charge in [0.1, 0.15) is 6.04 Å². The number of amides is 4. The number of nitrogens with one attached hydrogen (secondary N) is 2. The molecule has 6 fully saturated rings. The van der Waals surface area contributed by atoms with Crippen molar-refractivity contribution >= 4 is 35.0 Å². The van der Waals surface area contributed by atoms with Gasteiger partial charge >= 0.3 is 0 Å². The van der Waals surface area contributed by atoms with Crippen LogP contribution >= 0.6 is 11.3 Å². The first-order chi connectivity index (χ1) is 18.7. The van der Waals surface area contributed by atoms with Crippen LogP contribution in [-0.2, 0) is 19.1 Å². The maximum absolute atomic E-state index is 14.0. The fraction of sp³-hybridized carbons (Fsp3) is 0.750. The van der Waals surface area contributed by atoms with Crippen molar-refractivity contribution in [3.05, 3.63) is 16.6 Å². The van der Waals surface area contributed by atoms with Crippen molar-refractivity contribution in [3.8, 4) is 0 Å². The van der Waals surface area contributed by atoms with E-state index >= 15 is 0 Å². The number of aromatic nitrogens is 1. The molecule has 1 aromatic rings. The van der Waals surface area contributed by atoms with Gasteiger partial charge in [0.05, 0.1) is 12.0 Å². The summed E-state index contributed by atoms with van der Waals surface area (Å²) in [5.41, 5.74) is -0.883. The van der Waals surface area contributed by atoms with Gasteiger partial charge in [-0.3, -0.25) is 19.2 Å². The molecule has 5 heterocycles. The molecule has 2 bridgehead atoms. The fourth-order valence-corrected chi connectivity index (χ4v) is 8.41. The van der Waals surface area contributed by atoms with E-state index in [1.807, 2.05) is 4.90 Å². The van der Waals surface area contributed by atoms with Crippen molar-refractivity contribution in [2.75, 3.05) is 39.8 Å². The van der Waals surface area contributed by atoms with Crippen molar-refractivity contribution in [1.82, 2.24) is 25.4 Å². The number of carbonyl (C=O) groups is 4. The zero-order valence-electron chi connectivity index (χ0n) is 23.0. The van der Waals surface area contributed by atoms with Crippen LogP contribution in [0.25, 0.3) is 0 Å². The lowest BCUT2D eigenvalue weighted by Crippen LogP contribution is -2.65. The SMILES string of the molecule is CNC(=O)[C@H]1NC(=O)[C@H]2CN(C(=O)c3nccs3)CC23CN(C3)C(=O)[C@H]2C([C@H]1OCC1CCCCC1)C2(C)C. The third-order valence-electron chi connectivity index (χ3n) is 10.1. The first kappa shape index (κ1) is 26.7. The first-order valence-electron chi connectivity index (χ1n) is 14.3. The Hall–Kier alpha value is -2.53. The Bertz CT molecular complexity index is 1140. The van der Waals surface area contributed by atoms with Crippen LogP contribution < -0.4 is 10.6 Å². The number of nitrogens with zero attached hydrogens (tertiary/aromatic N) is 3. The van der Waals surface area contributed by atoms with E-state index in [4.69, 9.17) is 4.74 Å². The highest BCUT2D eigenvalue weighted by Gasteiger charge is 2.70. The van der Waals surface area contributed by atoms with E-state index in [-0.39, 0.29) is 47.4 Å². The van der Waals surface area contributed by atoms with E-state index < -0.39 is 23.5 Å². The third kappa shape index (κ3) is 4.45. The van der Waals surface area contributed by atoms with Crippen molar-refractivity contribution in [1.29, 1.82) is 0 Å². The van der Waals surface area contributed by atoms with Crippen LogP contribution in [-0.4, -0.2) is 90.4 Å². The zero-order valence-corrected chi connectivity index (χ0v) is 23.8. The average Bonchev–Trinajstić information content (AvgIpc) is 3.31. The van der Waals surface area contributed by atoms with E-state index in [9.17, 15) is 19.2 Å². The Morgan fingerprint density at radius 3 is 2.59 bits per heavy atom. The van der Waals surface area contributed by atoms with Crippen LogP contribution in [0.3, 0.4) is 0 Å². The summed E-state index contributed by atoms with van der Waals surface area (Å²) >= 11 is 1.28. The lowest BCUT2D eigenvalue weighted by atomic mass is 9.71. The van der Waals surface area contributed by atoms with Gasteiger partial charge in [-0.05, 0) is 24.2 Å². The third-order valence-corrected chi connectivity index (χ3v) is 10.9. The lowest BCUT2D eigenvalue weighted by molar-refractivity contribution is -0.151. The highest BCUT2D eigenvalue weighted by molar-refractivity contribution is 7.11. The van der Waals surface area contributed by atoms with Gasteiger partial charge in [-0.15, -0.1) is 11.3 Å². The molecule has 6 aliphatic rings. The van der Waals surface area contributed by atoms with Crippen LogP contribution in [0.1, 0.15) is 55.8 Å². The fourth-order valence-electron chi connectivity index (χ4n) is 7.81. The molecule has 2 N–H and O–H groups in total. The number of hydrogen-bond donors (Lipinski definition) is 2. The minimum absolute atomic E-state index is 0.0651. The van der Waals surface area contributed by atoms with Crippen LogP contribution in [0.15, 0.2) is 11.6 Å². The second kappa shape index (κ2) is 9.83. The summed E-state index contributed by atoms with van der Waals surface area (Å²) in [6.45, 7) is 6.14. The molecule has 0 aromatic carbocycles. The van der Waals surface area contributed by atoms with Crippen LogP contribution in [0.2, 0.25) is 0 Å². The smallest absolute Gasteiger partial charge is 0.282 e. The predicted molar refractivity (Wildman–Crippen MR) is 144 cm³/mol. The first-order valence-corrected chi connectivity index (χ1v) is 15.2. The Labute approximate surface area is 233 Å². The largest absolute Gasteiger partial charge is 0.375 e. The van der Waals surface area contributed by atoms with Crippen molar-refractivity contribution in [2.45, 2.75) is 58.1 Å². The Kier molecular flexibility index (Phi) is 6.73. The Morgan fingerprint density at radius 2 is 1.92 bits per heavy atom. The maximum atomic E-state index is 14.0. The monoisotopic (exact) mass is 557 g/mol. The van der Waals surface area contributed by atoms with Gasteiger partial charge in [0.25, 0.3) is 5.91 Å². The second-order valence-electron chi connectivity index (χ2n) is 12.9. The maximum Gasteiger partial charge on any atom is 0.282 e. The number of carbonyl (C=O) groups excluding carboxylic acids is 4. The van der Waals surface area contributed by atoms with Gasteiger partial charge in [-0.2, -0.15) is 0 Å². The van der Waals surface area contributed by atoms with E-state index in [2.05, 4.69) is 29.5 Å². The zero-order chi connectivity index (χ0) is 27.5. The second-order valence-corrected chi connectivity index (χ2v) is 13.8. The molecule has 2 aliphatic carbocycles. The summed E-state index contributed by atoms with van der Waals surface area (Å²) in [5.74, 6) is -1.26. The highest BCUT2D eigenvalue weighted by atomic mass is 32.1. The van der Waals surface area contributed by atoms with Crippen LogP contribution in [0, 0.1) is 34.5 Å². The predicted octanol–water partition coefficient (Wildman–Crippen LogP) is 1.53. The van der Waals surface area contributed by atoms with E-state index in [1.165, 1.54) is 30.6 Å². The molecule has 212 valence electrons. The normalized spacial score (nSPS) is 33.3. The molecule has 4 saturated heterocycles. The van der Waals surface area contributed by atoms with Gasteiger partial charge in [0.2, 0.25) is 17.7 Å². The molecule has 5 atom stereocenters. The van der Waals surface area contributed by atoms with Crippen LogP contribution in [0.4, 0.5) is 0 Å². The van der Waals surface area contributed by atoms with Gasteiger partial charge < -0.3 is 25.2 Å². The molecule has 10 nitrogen and oxygen atoms in total. The Morgan fingerprint density at radius 1 is 1.18 bits per heavy atom. The molecule has 7 rings (SSSR count). The molecule has 0 radical (unpaired) electrons. The number of likely N-dealkylation sites (N-methyl/N-ethyl adjacent to an activating group) is 1. The number of likely N-dealkylation sites (tertiary alicyclic amines) is 1. The molecular weight excluding hydrogens is 518 g/mol. The van der Waals surface area contributed by atoms with E-state index in [0.717, 1.165) is 12.8 Å². The summed E-state index contributed by atoms with van der Waals surface area (Å²) in [6, 6.07) is -0.917. The minimum Gasteiger partial charge on any atom is -0.375 e. The molecule has 39 heavy (non-hydrogen) atoms. The summed E-state index contributed by atoms with van der Waals surface area (Å²) in [7, 11) is 1.56. The topological polar surface area (TPSA) is 121 Å². The standard InChI is InChI=1S/C28H39N5O5S/c1-27(2)18-19(27)25(36)33-14-28(15-33)13-32(26(37)24-30-9-10-39-24)11-17(28)22(34)31-20(23(35)29-3)21(18)38-12-16-7-5-4-6-8-16/h9-10,16-21H,4-8,11-15H2,1-3H3,(H,29,35)(H,31,34)/t17-,18?,19-,20+,21-/m1/s1. The Balaban J connectivity index is 1.31. The van der Waals surface area contributed by atoms with Gasteiger partial charge in [-0.1, -0.05) is 33.1 Å². The summed E-state index contributed by atoms with van der Waals surface area (Å²) in [6.07, 6.45) is 6.78. The van der Waals surface area contributed by atoms with E-state index in [1.54, 1.807) is 23.5 Å². The molecule has 4 aliphatic heterocycles. The minimum atomic E-state index is -0.917. The van der Waals surface area contributed by atoms with Crippen molar-refractivity contribution in [3.63, 3.8) is 0 Å². The van der Waals surface area contributed by atoms with E-state index in [0.29, 0.717) is 37.2 Å². The molecule has 1 aromatic heterocycles. The number of ether oxygens (including phenoxy) is 1. The summed E-state index contributed by atoms with van der Waals surface area (Å²) in [5, 5.41) is 7.95. The molecule has 11 heteroatoms. The molecule has 1 spiro atoms. The number of hydrogen-bond acceptors (Lipinski definition) is 7. The van der Waals surface area contributed by atoms with Crippen molar-refractivity contribution in [2.24, 2.45) is 34.5 Å². The van der Waals surface area contributed by atoms with Gasteiger partial charge in [0.15, 0.2) is 5.01 Å². The quantitative estimate of drug-likeness (QED) is 0.567. The summed E-state index contributed by atoms with van der Waals surface area (Å²) in [4.78, 5) is 62.0. The van der Waals surface area contributed by atoms with Gasteiger partial charge in [-0.25, -0.2) is 4.98 Å². The summed E-state index contributed by atoms with van der Waals surface area (Å²) < 4.78 is 6.57. The number of fused-ring (bicyclic) bond motifs is 3. The van der Waals surface area contributed by atoms with Gasteiger partial charge in [0, 0.05) is 68.7 Å². The van der Waals surface area contributed by atoms with Crippen LogP contribution in [0.5, 0.6) is 0 Å². The van der Waals surface area contributed by atoms with Crippen molar-refractivity contribution < 1.29 is 23.9 Å². The molecule has 1 unspecified atom stereocenters.